The third-order valence-corrected chi connectivity index (χ3v) is 4.61. The van der Waals surface area contributed by atoms with Crippen LogP contribution in [0, 0.1) is 5.41 Å². The van der Waals surface area contributed by atoms with E-state index in [0.29, 0.717) is 11.7 Å². The normalized spacial score (nSPS) is 23.7. The van der Waals surface area contributed by atoms with Crippen LogP contribution in [0.4, 0.5) is 10.6 Å². The largest absolute Gasteiger partial charge is 0.380 e. The monoisotopic (exact) mass is 273 g/mol. The quantitative estimate of drug-likeness (QED) is 0.899. The number of carbonyl (C=O) groups is 1. The maximum Gasteiger partial charge on any atom is 0.323 e. The Labute approximate surface area is 118 Å². The summed E-state index contributed by atoms with van der Waals surface area (Å²) in [5.74, 6) is 1.34. The molecule has 3 aliphatic rings. The molecule has 1 aliphatic carbocycles. The van der Waals surface area contributed by atoms with Crippen molar-refractivity contribution in [3.05, 3.63) is 23.9 Å². The second kappa shape index (κ2) is 4.45. The molecule has 2 saturated heterocycles. The van der Waals surface area contributed by atoms with Gasteiger partial charge in [-0.05, 0) is 36.8 Å². The zero-order valence-electron chi connectivity index (χ0n) is 11.5. The first-order valence-corrected chi connectivity index (χ1v) is 7.34. The molecular weight excluding hydrogens is 254 g/mol. The number of hydrogen-bond acceptors (Lipinski definition) is 3. The van der Waals surface area contributed by atoms with Gasteiger partial charge >= 0.3 is 6.03 Å². The molecule has 5 nitrogen and oxygen atoms in total. The van der Waals surface area contributed by atoms with E-state index in [9.17, 15) is 4.79 Å². The number of urea groups is 1. The molecular formula is C15H19N3O2. The van der Waals surface area contributed by atoms with E-state index in [4.69, 9.17) is 4.74 Å². The first-order valence-electron chi connectivity index (χ1n) is 7.34. The fourth-order valence-electron chi connectivity index (χ4n) is 3.06. The highest BCUT2D eigenvalue weighted by atomic mass is 16.5. The number of pyridine rings is 1. The number of aromatic nitrogens is 1. The van der Waals surface area contributed by atoms with Crippen molar-refractivity contribution in [3.63, 3.8) is 0 Å². The van der Waals surface area contributed by atoms with Crippen molar-refractivity contribution in [2.45, 2.75) is 25.2 Å². The molecule has 0 unspecified atom stereocenters. The van der Waals surface area contributed by atoms with Gasteiger partial charge in [-0.3, -0.25) is 5.32 Å². The summed E-state index contributed by atoms with van der Waals surface area (Å²) in [6.45, 7) is 3.21. The lowest BCUT2D eigenvalue weighted by Gasteiger charge is -2.37. The van der Waals surface area contributed by atoms with Gasteiger partial charge in [0.15, 0.2) is 0 Å². The smallest absolute Gasteiger partial charge is 0.323 e. The van der Waals surface area contributed by atoms with Gasteiger partial charge in [-0.2, -0.15) is 0 Å². The average Bonchev–Trinajstić information content (AvgIpc) is 3.16. The number of ether oxygens (including phenoxy) is 1. The maximum absolute atomic E-state index is 12.2. The predicted molar refractivity (Wildman–Crippen MR) is 74.7 cm³/mol. The molecule has 5 heteroatoms. The molecule has 3 heterocycles. The summed E-state index contributed by atoms with van der Waals surface area (Å²) in [4.78, 5) is 18.4. The summed E-state index contributed by atoms with van der Waals surface area (Å²) < 4.78 is 5.28. The van der Waals surface area contributed by atoms with E-state index in [1.165, 1.54) is 18.4 Å². The molecule has 1 spiro atoms. The third-order valence-electron chi connectivity index (χ3n) is 4.61. The van der Waals surface area contributed by atoms with E-state index in [2.05, 4.69) is 16.4 Å². The van der Waals surface area contributed by atoms with E-state index in [-0.39, 0.29) is 11.4 Å². The van der Waals surface area contributed by atoms with Gasteiger partial charge in [0, 0.05) is 24.7 Å². The molecule has 0 radical (unpaired) electrons. The minimum Gasteiger partial charge on any atom is -0.380 e. The van der Waals surface area contributed by atoms with Gasteiger partial charge in [-0.25, -0.2) is 9.78 Å². The van der Waals surface area contributed by atoms with Crippen LogP contribution in [0.2, 0.25) is 0 Å². The molecule has 1 aromatic rings. The number of nitrogens with one attached hydrogen (secondary N) is 1. The summed E-state index contributed by atoms with van der Waals surface area (Å²) in [6.07, 6.45) is 5.48. The number of amides is 2. The average molecular weight is 273 g/mol. The second-order valence-corrected chi connectivity index (χ2v) is 6.35. The number of carbonyl (C=O) groups excluding carboxylic acids is 1. The Morgan fingerprint density at radius 1 is 1.40 bits per heavy atom. The van der Waals surface area contributed by atoms with Crippen molar-refractivity contribution < 1.29 is 9.53 Å². The molecule has 0 bridgehead atoms. The van der Waals surface area contributed by atoms with E-state index >= 15 is 0 Å². The second-order valence-electron chi connectivity index (χ2n) is 6.35. The Morgan fingerprint density at radius 2 is 2.25 bits per heavy atom. The fourth-order valence-corrected chi connectivity index (χ4v) is 3.06. The van der Waals surface area contributed by atoms with Gasteiger partial charge in [-0.15, -0.1) is 0 Å². The van der Waals surface area contributed by atoms with E-state index in [1.54, 1.807) is 0 Å². The molecule has 1 aromatic heterocycles. The first kappa shape index (κ1) is 12.1. The number of likely N-dealkylation sites (tertiary alicyclic amines) is 1. The van der Waals surface area contributed by atoms with E-state index in [1.807, 2.05) is 17.2 Å². The summed E-state index contributed by atoms with van der Waals surface area (Å²) in [6, 6.07) is 3.94. The number of rotatable bonds is 2. The molecule has 4 rings (SSSR count). The SMILES string of the molecule is O=C(Nc1ccc(C2CC2)cn1)N1CCC2(COC2)C1. The van der Waals surface area contributed by atoms with Crippen LogP contribution < -0.4 is 5.32 Å². The van der Waals surface area contributed by atoms with Crippen LogP contribution in [0.15, 0.2) is 18.3 Å². The molecule has 2 aliphatic heterocycles. The van der Waals surface area contributed by atoms with Crippen LogP contribution in [0.1, 0.15) is 30.7 Å². The molecule has 1 saturated carbocycles. The lowest BCUT2D eigenvalue weighted by atomic mass is 9.85. The maximum atomic E-state index is 12.2. The fraction of sp³-hybridized carbons (Fsp3) is 0.600. The lowest BCUT2D eigenvalue weighted by molar-refractivity contribution is -0.103. The molecule has 0 aromatic carbocycles. The Hall–Kier alpha value is -1.62. The molecule has 2 amide bonds. The van der Waals surface area contributed by atoms with Gasteiger partial charge in [0.05, 0.1) is 13.2 Å². The predicted octanol–water partition coefficient (Wildman–Crippen LogP) is 2.21. The van der Waals surface area contributed by atoms with Crippen molar-refractivity contribution in [2.24, 2.45) is 5.41 Å². The van der Waals surface area contributed by atoms with Crippen LogP contribution >= 0.6 is 0 Å². The van der Waals surface area contributed by atoms with Gasteiger partial charge in [0.1, 0.15) is 5.82 Å². The zero-order chi connectivity index (χ0) is 13.6. The van der Waals surface area contributed by atoms with Gasteiger partial charge in [0.25, 0.3) is 0 Å². The van der Waals surface area contributed by atoms with Crippen LogP contribution in [-0.2, 0) is 4.74 Å². The molecule has 1 N–H and O–H groups in total. The van der Waals surface area contributed by atoms with Crippen LogP contribution in [0.25, 0.3) is 0 Å². The molecule has 0 atom stereocenters. The topological polar surface area (TPSA) is 54.5 Å². The van der Waals surface area contributed by atoms with E-state index < -0.39 is 0 Å². The van der Waals surface area contributed by atoms with Crippen molar-refractivity contribution in [1.29, 1.82) is 0 Å². The standard InChI is InChI=1S/C15H19N3O2/c19-14(18-6-5-15(8-18)9-20-10-15)17-13-4-3-12(7-16-13)11-1-2-11/h3-4,7,11H,1-2,5-6,8-10H2,(H,16,17,19). The Kier molecular flexibility index (Phi) is 2.70. The molecule has 20 heavy (non-hydrogen) atoms. The molecule has 106 valence electrons. The highest BCUT2D eigenvalue weighted by Crippen LogP contribution is 2.40. The van der Waals surface area contributed by atoms with Crippen molar-refractivity contribution in [2.75, 3.05) is 31.6 Å². The van der Waals surface area contributed by atoms with Crippen molar-refractivity contribution >= 4 is 11.8 Å². The van der Waals surface area contributed by atoms with Gasteiger partial charge < -0.3 is 9.64 Å². The summed E-state index contributed by atoms with van der Waals surface area (Å²) >= 11 is 0. The Morgan fingerprint density at radius 3 is 2.80 bits per heavy atom. The minimum atomic E-state index is -0.0413. The number of anilines is 1. The van der Waals surface area contributed by atoms with Crippen LogP contribution in [-0.4, -0.2) is 42.2 Å². The third kappa shape index (κ3) is 2.16. The summed E-state index contributed by atoms with van der Waals surface area (Å²) in [5, 5.41) is 2.89. The van der Waals surface area contributed by atoms with Gasteiger partial charge in [-0.1, -0.05) is 6.07 Å². The summed E-state index contributed by atoms with van der Waals surface area (Å²) in [5.41, 5.74) is 1.52. The first-order chi connectivity index (χ1) is 9.74. The van der Waals surface area contributed by atoms with Crippen molar-refractivity contribution in [3.8, 4) is 0 Å². The summed E-state index contributed by atoms with van der Waals surface area (Å²) in [7, 11) is 0. The van der Waals surface area contributed by atoms with Crippen LogP contribution in [0.5, 0.6) is 0 Å². The molecule has 3 fully saturated rings. The van der Waals surface area contributed by atoms with Crippen LogP contribution in [0.3, 0.4) is 0 Å². The van der Waals surface area contributed by atoms with Crippen molar-refractivity contribution in [1.82, 2.24) is 9.88 Å². The number of hydrogen-bond donors (Lipinski definition) is 1. The Bertz CT molecular complexity index is 520. The number of nitrogens with zero attached hydrogens (tertiary/aromatic N) is 2. The highest BCUT2D eigenvalue weighted by Gasteiger charge is 2.45. The van der Waals surface area contributed by atoms with E-state index in [0.717, 1.165) is 32.7 Å². The minimum absolute atomic E-state index is 0.0413. The Balaban J connectivity index is 1.37. The lowest BCUT2D eigenvalue weighted by Crippen LogP contribution is -2.46. The zero-order valence-corrected chi connectivity index (χ0v) is 11.5. The van der Waals surface area contributed by atoms with Gasteiger partial charge in [0.2, 0.25) is 0 Å². The highest BCUT2D eigenvalue weighted by molar-refractivity contribution is 5.88.